The van der Waals surface area contributed by atoms with Gasteiger partial charge in [-0.2, -0.15) is 0 Å². The fraction of sp³-hybridized carbons (Fsp3) is 0.286. The molecule has 0 fully saturated rings. The molecule has 0 bridgehead atoms. The van der Waals surface area contributed by atoms with Crippen molar-refractivity contribution in [1.82, 2.24) is 9.88 Å². The zero-order valence-electron chi connectivity index (χ0n) is 10.6. The maximum Gasteiger partial charge on any atom is 0.253 e. The van der Waals surface area contributed by atoms with Crippen LogP contribution in [0.4, 0.5) is 0 Å². The second-order valence-electron chi connectivity index (χ2n) is 4.41. The van der Waals surface area contributed by atoms with Crippen LogP contribution in [0.3, 0.4) is 0 Å². The Morgan fingerprint density at radius 2 is 2.22 bits per heavy atom. The van der Waals surface area contributed by atoms with E-state index in [0.29, 0.717) is 12.1 Å². The number of amides is 1. The number of fused-ring (bicyclic) bond motifs is 1. The van der Waals surface area contributed by atoms with Gasteiger partial charge in [-0.1, -0.05) is 6.07 Å². The van der Waals surface area contributed by atoms with Crippen LogP contribution in [0, 0.1) is 0 Å². The third-order valence-electron chi connectivity index (χ3n) is 3.17. The summed E-state index contributed by atoms with van der Waals surface area (Å²) >= 11 is 0. The van der Waals surface area contributed by atoms with E-state index in [0.717, 1.165) is 10.9 Å². The van der Waals surface area contributed by atoms with Gasteiger partial charge in [-0.25, -0.2) is 0 Å². The summed E-state index contributed by atoms with van der Waals surface area (Å²) < 4.78 is 0. The van der Waals surface area contributed by atoms with Gasteiger partial charge in [0.1, 0.15) is 0 Å². The Hall–Kier alpha value is -1.94. The summed E-state index contributed by atoms with van der Waals surface area (Å²) in [5, 5.41) is 0.970. The average molecular weight is 243 g/mol. The van der Waals surface area contributed by atoms with Gasteiger partial charge in [-0.05, 0) is 31.2 Å². The molecule has 18 heavy (non-hydrogen) atoms. The van der Waals surface area contributed by atoms with E-state index in [1.165, 1.54) is 0 Å². The Bertz CT molecular complexity index is 568. The van der Waals surface area contributed by atoms with Crippen LogP contribution in [0.25, 0.3) is 10.9 Å². The van der Waals surface area contributed by atoms with E-state index < -0.39 is 0 Å². The zero-order chi connectivity index (χ0) is 13.1. The molecule has 4 heteroatoms. The predicted octanol–water partition coefficient (Wildman–Crippen LogP) is 1.65. The molecule has 0 aliphatic heterocycles. The molecule has 1 aromatic heterocycles. The molecule has 1 heterocycles. The van der Waals surface area contributed by atoms with E-state index in [1.807, 2.05) is 31.2 Å². The molecule has 1 amide bonds. The predicted molar refractivity (Wildman–Crippen MR) is 72.4 cm³/mol. The molecule has 94 valence electrons. The maximum atomic E-state index is 12.2. The number of pyridine rings is 1. The van der Waals surface area contributed by atoms with E-state index in [1.54, 1.807) is 24.2 Å². The number of hydrogen-bond acceptors (Lipinski definition) is 3. The Morgan fingerprint density at radius 1 is 1.44 bits per heavy atom. The van der Waals surface area contributed by atoms with Gasteiger partial charge in [0.05, 0.1) is 5.52 Å². The number of benzene rings is 1. The van der Waals surface area contributed by atoms with Crippen molar-refractivity contribution in [2.45, 2.75) is 13.0 Å². The first-order valence-corrected chi connectivity index (χ1v) is 5.95. The Balaban J connectivity index is 2.33. The van der Waals surface area contributed by atoms with Crippen molar-refractivity contribution in [3.05, 3.63) is 42.1 Å². The number of aromatic nitrogens is 1. The zero-order valence-corrected chi connectivity index (χ0v) is 10.6. The number of nitrogens with two attached hydrogens (primary N) is 1. The minimum atomic E-state index is -0.0151. The van der Waals surface area contributed by atoms with E-state index >= 15 is 0 Å². The number of carbonyl (C=O) groups is 1. The molecule has 0 radical (unpaired) electrons. The molecule has 2 N–H and O–H groups in total. The molecule has 0 spiro atoms. The molecule has 0 saturated heterocycles. The molecule has 1 atom stereocenters. The Morgan fingerprint density at radius 3 is 2.94 bits per heavy atom. The Kier molecular flexibility index (Phi) is 3.58. The van der Waals surface area contributed by atoms with Crippen LogP contribution in [-0.2, 0) is 0 Å². The summed E-state index contributed by atoms with van der Waals surface area (Å²) in [4.78, 5) is 18.1. The van der Waals surface area contributed by atoms with Crippen LogP contribution in [0.2, 0.25) is 0 Å². The maximum absolute atomic E-state index is 12.2. The first-order valence-electron chi connectivity index (χ1n) is 5.95. The summed E-state index contributed by atoms with van der Waals surface area (Å²) in [5.74, 6) is -0.0151. The fourth-order valence-corrected chi connectivity index (χ4v) is 1.77. The highest BCUT2D eigenvalue weighted by Crippen LogP contribution is 2.15. The molecule has 1 aromatic carbocycles. The largest absolute Gasteiger partial charge is 0.338 e. The van der Waals surface area contributed by atoms with E-state index in [4.69, 9.17) is 5.73 Å². The number of rotatable bonds is 3. The molecule has 4 nitrogen and oxygen atoms in total. The van der Waals surface area contributed by atoms with E-state index in [9.17, 15) is 4.79 Å². The normalized spacial score (nSPS) is 12.4. The van der Waals surface area contributed by atoms with Gasteiger partial charge in [-0.3, -0.25) is 9.78 Å². The van der Waals surface area contributed by atoms with Gasteiger partial charge in [0, 0.05) is 36.8 Å². The van der Waals surface area contributed by atoms with Crippen molar-refractivity contribution < 1.29 is 4.79 Å². The van der Waals surface area contributed by atoms with Crippen molar-refractivity contribution in [1.29, 1.82) is 0 Å². The van der Waals surface area contributed by atoms with Crippen LogP contribution in [0.5, 0.6) is 0 Å². The van der Waals surface area contributed by atoms with Crippen LogP contribution in [-0.4, -0.2) is 35.4 Å². The summed E-state index contributed by atoms with van der Waals surface area (Å²) in [6, 6.07) is 9.38. The Labute approximate surface area is 106 Å². The van der Waals surface area contributed by atoms with Crippen molar-refractivity contribution in [3.8, 4) is 0 Å². The van der Waals surface area contributed by atoms with Gasteiger partial charge in [0.2, 0.25) is 0 Å². The van der Waals surface area contributed by atoms with Gasteiger partial charge >= 0.3 is 0 Å². The number of carbonyl (C=O) groups excluding carboxylic acids is 1. The summed E-state index contributed by atoms with van der Waals surface area (Å²) in [5.41, 5.74) is 7.13. The second-order valence-corrected chi connectivity index (χ2v) is 4.41. The highest BCUT2D eigenvalue weighted by molar-refractivity contribution is 5.97. The van der Waals surface area contributed by atoms with E-state index in [2.05, 4.69) is 4.98 Å². The average Bonchev–Trinajstić information content (AvgIpc) is 2.44. The first kappa shape index (κ1) is 12.5. The smallest absolute Gasteiger partial charge is 0.253 e. The minimum Gasteiger partial charge on any atom is -0.338 e. The lowest BCUT2D eigenvalue weighted by Gasteiger charge is -2.23. The molecular weight excluding hydrogens is 226 g/mol. The topological polar surface area (TPSA) is 59.2 Å². The van der Waals surface area contributed by atoms with Crippen LogP contribution in [0.15, 0.2) is 36.5 Å². The van der Waals surface area contributed by atoms with Crippen LogP contribution in [0.1, 0.15) is 17.3 Å². The van der Waals surface area contributed by atoms with Gasteiger partial charge < -0.3 is 10.6 Å². The molecule has 0 aliphatic rings. The second kappa shape index (κ2) is 5.14. The molecule has 0 aliphatic carbocycles. The summed E-state index contributed by atoms with van der Waals surface area (Å²) in [7, 11) is 1.77. The highest BCUT2D eigenvalue weighted by atomic mass is 16.2. The summed E-state index contributed by atoms with van der Waals surface area (Å²) in [6.07, 6.45) is 1.74. The van der Waals surface area contributed by atoms with Crippen molar-refractivity contribution in [2.75, 3.05) is 13.6 Å². The summed E-state index contributed by atoms with van der Waals surface area (Å²) in [6.45, 7) is 2.39. The number of hydrogen-bond donors (Lipinski definition) is 1. The van der Waals surface area contributed by atoms with Gasteiger partial charge in [-0.15, -0.1) is 0 Å². The number of likely N-dealkylation sites (N-methyl/N-ethyl adjacent to an activating group) is 1. The molecule has 1 unspecified atom stereocenters. The molecule has 2 aromatic rings. The van der Waals surface area contributed by atoms with Crippen LogP contribution < -0.4 is 5.73 Å². The monoisotopic (exact) mass is 243 g/mol. The van der Waals surface area contributed by atoms with Crippen LogP contribution >= 0.6 is 0 Å². The van der Waals surface area contributed by atoms with Crippen molar-refractivity contribution >= 4 is 16.8 Å². The molecule has 0 saturated carbocycles. The van der Waals surface area contributed by atoms with Crippen molar-refractivity contribution in [3.63, 3.8) is 0 Å². The lowest BCUT2D eigenvalue weighted by atomic mass is 10.1. The fourth-order valence-electron chi connectivity index (χ4n) is 1.77. The third kappa shape index (κ3) is 2.33. The van der Waals surface area contributed by atoms with Crippen molar-refractivity contribution in [2.24, 2.45) is 5.73 Å². The van der Waals surface area contributed by atoms with E-state index in [-0.39, 0.29) is 11.9 Å². The lowest BCUT2D eigenvalue weighted by Crippen LogP contribution is -2.39. The first-order chi connectivity index (χ1) is 8.63. The van der Waals surface area contributed by atoms with Gasteiger partial charge in [0.15, 0.2) is 0 Å². The number of nitrogens with zero attached hydrogens (tertiary/aromatic N) is 2. The molecule has 2 rings (SSSR count). The minimum absolute atomic E-state index is 0.0151. The highest BCUT2D eigenvalue weighted by Gasteiger charge is 2.16. The molecular formula is C14H17N3O. The van der Waals surface area contributed by atoms with Gasteiger partial charge in [0.25, 0.3) is 5.91 Å². The SMILES string of the molecule is CC(CN)N(C)C(=O)c1ccc2ncccc2c1. The lowest BCUT2D eigenvalue weighted by molar-refractivity contribution is 0.0748. The third-order valence-corrected chi connectivity index (χ3v) is 3.17. The quantitative estimate of drug-likeness (QED) is 0.891. The standard InChI is InChI=1S/C14H17N3O/c1-10(9-15)17(2)14(18)12-5-6-13-11(8-12)4-3-7-16-13/h3-8,10H,9,15H2,1-2H3.